The smallest absolute Gasteiger partial charge is 0.325 e. The number of carbonyl (C=O) groups excluding carboxylic acids is 2. The molecule has 4 N–H and O–H groups in total. The van der Waals surface area contributed by atoms with E-state index in [0.29, 0.717) is 12.0 Å². The predicted octanol–water partition coefficient (Wildman–Crippen LogP) is 4.31. The van der Waals surface area contributed by atoms with Crippen LogP contribution in [0.5, 0.6) is 0 Å². The van der Waals surface area contributed by atoms with Crippen molar-refractivity contribution in [2.75, 3.05) is 0 Å². The highest BCUT2D eigenvalue weighted by atomic mass is 16.2. The van der Waals surface area contributed by atoms with Gasteiger partial charge in [-0.25, -0.2) is 4.79 Å². The van der Waals surface area contributed by atoms with Crippen LogP contribution in [0, 0.1) is 5.41 Å². The third-order valence-corrected chi connectivity index (χ3v) is 6.31. The van der Waals surface area contributed by atoms with E-state index >= 15 is 0 Å². The zero-order valence-corrected chi connectivity index (χ0v) is 18.5. The molecule has 6 nitrogen and oxygen atoms in total. The minimum atomic E-state index is -1.17. The zero-order valence-electron chi connectivity index (χ0n) is 18.5. The van der Waals surface area contributed by atoms with Crippen LogP contribution in [0.1, 0.15) is 22.3 Å². The molecule has 1 fully saturated rings. The number of urea groups is 1. The molecule has 1 aliphatic rings. The standard InChI is InChI=1S/C28H24N4O2/c29-25(30)22-14-13-21-12-11-20(15-23(21)16-22)18-32-26(33)28(31-27(32)34,24-9-5-2-6-10-24)17-19-7-3-1-4-8-19/h1-16H,17-18H2,(H3,29,30)(H,31,34). The number of hydrogen-bond acceptors (Lipinski definition) is 3. The van der Waals surface area contributed by atoms with E-state index in [4.69, 9.17) is 11.1 Å². The fourth-order valence-corrected chi connectivity index (χ4v) is 4.56. The van der Waals surface area contributed by atoms with E-state index in [9.17, 15) is 9.59 Å². The summed E-state index contributed by atoms with van der Waals surface area (Å²) in [6.45, 7) is 0.147. The van der Waals surface area contributed by atoms with Gasteiger partial charge in [0.2, 0.25) is 0 Å². The number of hydrogen-bond donors (Lipinski definition) is 3. The second-order valence-corrected chi connectivity index (χ2v) is 8.57. The largest absolute Gasteiger partial charge is 0.384 e. The lowest BCUT2D eigenvalue weighted by Gasteiger charge is -2.27. The lowest BCUT2D eigenvalue weighted by Crippen LogP contribution is -2.46. The number of amides is 3. The van der Waals surface area contributed by atoms with Gasteiger partial charge in [0.15, 0.2) is 5.54 Å². The summed E-state index contributed by atoms with van der Waals surface area (Å²) in [5.74, 6) is -0.278. The van der Waals surface area contributed by atoms with Gasteiger partial charge in [-0.3, -0.25) is 15.1 Å². The molecule has 0 spiro atoms. The maximum Gasteiger partial charge on any atom is 0.325 e. The van der Waals surface area contributed by atoms with Gasteiger partial charge < -0.3 is 11.1 Å². The molecular formula is C28H24N4O2. The molecule has 0 radical (unpaired) electrons. The maximum absolute atomic E-state index is 13.9. The Balaban J connectivity index is 1.50. The summed E-state index contributed by atoms with van der Waals surface area (Å²) in [6, 6.07) is 30.0. The van der Waals surface area contributed by atoms with Gasteiger partial charge in [-0.05, 0) is 39.6 Å². The summed E-state index contributed by atoms with van der Waals surface area (Å²) in [5, 5.41) is 12.6. The van der Waals surface area contributed by atoms with Crippen LogP contribution < -0.4 is 11.1 Å². The van der Waals surface area contributed by atoms with Crippen molar-refractivity contribution in [2.24, 2.45) is 5.73 Å². The second-order valence-electron chi connectivity index (χ2n) is 8.57. The van der Waals surface area contributed by atoms with E-state index < -0.39 is 11.6 Å². The molecule has 0 saturated carbocycles. The average Bonchev–Trinajstić information content (AvgIpc) is 3.09. The van der Waals surface area contributed by atoms with Crippen molar-refractivity contribution in [1.82, 2.24) is 10.2 Å². The van der Waals surface area contributed by atoms with Crippen molar-refractivity contribution >= 4 is 28.5 Å². The predicted molar refractivity (Wildman–Crippen MR) is 132 cm³/mol. The molecule has 1 aliphatic heterocycles. The number of benzene rings is 4. The van der Waals surface area contributed by atoms with Crippen molar-refractivity contribution in [3.63, 3.8) is 0 Å². The second kappa shape index (κ2) is 8.48. The Morgan fingerprint density at radius 3 is 2.21 bits per heavy atom. The first-order valence-corrected chi connectivity index (χ1v) is 11.1. The Hall–Kier alpha value is -4.45. The Labute approximate surface area is 197 Å². The van der Waals surface area contributed by atoms with Gasteiger partial charge in [0.1, 0.15) is 5.84 Å². The molecule has 0 aromatic heterocycles. The van der Waals surface area contributed by atoms with E-state index in [-0.39, 0.29) is 18.3 Å². The van der Waals surface area contributed by atoms with E-state index in [1.807, 2.05) is 91.0 Å². The summed E-state index contributed by atoms with van der Waals surface area (Å²) in [7, 11) is 0. The molecule has 1 saturated heterocycles. The quantitative estimate of drug-likeness (QED) is 0.233. The molecular weight excluding hydrogens is 424 g/mol. The van der Waals surface area contributed by atoms with Crippen LogP contribution in [-0.4, -0.2) is 22.7 Å². The number of nitrogens with zero attached hydrogens (tertiary/aromatic N) is 1. The van der Waals surface area contributed by atoms with Crippen LogP contribution in [0.15, 0.2) is 97.1 Å². The highest BCUT2D eigenvalue weighted by molar-refractivity contribution is 6.07. The van der Waals surface area contributed by atoms with Crippen LogP contribution >= 0.6 is 0 Å². The van der Waals surface area contributed by atoms with Gasteiger partial charge in [0, 0.05) is 12.0 Å². The number of amidine groups is 1. The van der Waals surface area contributed by atoms with Crippen molar-refractivity contribution in [1.29, 1.82) is 5.41 Å². The number of nitrogens with one attached hydrogen (secondary N) is 2. The third kappa shape index (κ3) is 3.79. The molecule has 34 heavy (non-hydrogen) atoms. The monoisotopic (exact) mass is 448 g/mol. The molecule has 0 bridgehead atoms. The summed E-state index contributed by atoms with van der Waals surface area (Å²) < 4.78 is 0. The van der Waals surface area contributed by atoms with Crippen molar-refractivity contribution < 1.29 is 9.59 Å². The van der Waals surface area contributed by atoms with Gasteiger partial charge in [-0.15, -0.1) is 0 Å². The highest BCUT2D eigenvalue weighted by Crippen LogP contribution is 2.34. The van der Waals surface area contributed by atoms with Gasteiger partial charge in [0.05, 0.1) is 6.54 Å². The topological polar surface area (TPSA) is 99.3 Å². The number of imide groups is 1. The lowest BCUT2D eigenvalue weighted by atomic mass is 9.83. The molecule has 4 aromatic rings. The van der Waals surface area contributed by atoms with Crippen LogP contribution in [-0.2, 0) is 23.3 Å². The van der Waals surface area contributed by atoms with Crippen LogP contribution in [0.2, 0.25) is 0 Å². The van der Waals surface area contributed by atoms with Crippen LogP contribution in [0.3, 0.4) is 0 Å². The maximum atomic E-state index is 13.9. The molecule has 168 valence electrons. The number of fused-ring (bicyclic) bond motifs is 1. The fraction of sp³-hybridized carbons (Fsp3) is 0.107. The first kappa shape index (κ1) is 21.4. The summed E-state index contributed by atoms with van der Waals surface area (Å²) in [4.78, 5) is 28.3. The van der Waals surface area contributed by atoms with E-state index in [1.165, 1.54) is 4.90 Å². The summed E-state index contributed by atoms with van der Waals surface area (Å²) >= 11 is 0. The molecule has 1 heterocycles. The molecule has 1 atom stereocenters. The average molecular weight is 449 g/mol. The first-order valence-electron chi connectivity index (χ1n) is 11.1. The minimum absolute atomic E-state index is 0.00467. The van der Waals surface area contributed by atoms with Crippen molar-refractivity contribution in [3.8, 4) is 0 Å². The van der Waals surface area contributed by atoms with Gasteiger partial charge in [-0.1, -0.05) is 84.9 Å². The van der Waals surface area contributed by atoms with E-state index in [1.54, 1.807) is 6.07 Å². The molecule has 4 aromatic carbocycles. The Morgan fingerprint density at radius 1 is 0.824 bits per heavy atom. The number of nitrogen functional groups attached to an aromatic ring is 1. The summed E-state index contributed by atoms with van der Waals surface area (Å²) in [5.41, 5.74) is 7.64. The van der Waals surface area contributed by atoms with Crippen LogP contribution in [0.25, 0.3) is 10.8 Å². The van der Waals surface area contributed by atoms with E-state index in [2.05, 4.69) is 5.32 Å². The molecule has 5 rings (SSSR count). The highest BCUT2D eigenvalue weighted by Gasteiger charge is 2.52. The van der Waals surface area contributed by atoms with E-state index in [0.717, 1.165) is 27.5 Å². The van der Waals surface area contributed by atoms with Crippen molar-refractivity contribution in [3.05, 3.63) is 119 Å². The third-order valence-electron chi connectivity index (χ3n) is 6.31. The Kier molecular flexibility index (Phi) is 5.34. The lowest BCUT2D eigenvalue weighted by molar-refractivity contribution is -0.132. The van der Waals surface area contributed by atoms with Crippen LogP contribution in [0.4, 0.5) is 4.79 Å². The SMILES string of the molecule is N=C(N)c1ccc2ccc(CN3C(=O)NC(Cc4ccccc4)(c4ccccc4)C3=O)cc2c1. The fourth-order valence-electron chi connectivity index (χ4n) is 4.56. The zero-order chi connectivity index (χ0) is 23.7. The number of nitrogens with two attached hydrogens (primary N) is 1. The number of carbonyl (C=O) groups is 2. The molecule has 1 unspecified atom stereocenters. The summed E-state index contributed by atoms with van der Waals surface area (Å²) in [6.07, 6.45) is 0.360. The van der Waals surface area contributed by atoms with Gasteiger partial charge >= 0.3 is 6.03 Å². The van der Waals surface area contributed by atoms with Gasteiger partial charge in [0.25, 0.3) is 5.91 Å². The normalized spacial score (nSPS) is 17.7. The molecule has 3 amide bonds. The molecule has 6 heteroatoms. The Morgan fingerprint density at radius 2 is 1.50 bits per heavy atom. The molecule has 0 aliphatic carbocycles. The Bertz CT molecular complexity index is 1400. The minimum Gasteiger partial charge on any atom is -0.384 e. The van der Waals surface area contributed by atoms with Gasteiger partial charge in [-0.2, -0.15) is 0 Å². The number of rotatable bonds is 6. The van der Waals surface area contributed by atoms with Crippen molar-refractivity contribution in [2.45, 2.75) is 18.5 Å². The first-order chi connectivity index (χ1) is 16.5.